The molecule has 0 spiro atoms. The van der Waals surface area contributed by atoms with Gasteiger partial charge in [0, 0.05) is 19.1 Å². The molecule has 2 heterocycles. The maximum absolute atomic E-state index is 12.1. The minimum Gasteiger partial charge on any atom is -0.484 e. The van der Waals surface area contributed by atoms with Gasteiger partial charge < -0.3 is 15.0 Å². The second-order valence-corrected chi connectivity index (χ2v) is 5.36. The maximum Gasteiger partial charge on any atom is 0.260 e. The predicted octanol–water partition coefficient (Wildman–Crippen LogP) is 1.28. The molecule has 2 aliphatic rings. The second kappa shape index (κ2) is 5.61. The molecule has 0 radical (unpaired) electrons. The zero-order valence-corrected chi connectivity index (χ0v) is 11.0. The molecule has 102 valence electrons. The van der Waals surface area contributed by atoms with Crippen LogP contribution in [0.4, 0.5) is 0 Å². The van der Waals surface area contributed by atoms with E-state index in [0.717, 1.165) is 25.4 Å². The van der Waals surface area contributed by atoms with Crippen LogP contribution < -0.4 is 10.1 Å². The summed E-state index contributed by atoms with van der Waals surface area (Å²) in [7, 11) is 0. The van der Waals surface area contributed by atoms with Gasteiger partial charge in [-0.3, -0.25) is 4.79 Å². The number of nitrogens with one attached hydrogen (secondary N) is 1. The Kier molecular flexibility index (Phi) is 3.69. The summed E-state index contributed by atoms with van der Waals surface area (Å²) in [5, 5.41) is 3.50. The van der Waals surface area contributed by atoms with Crippen molar-refractivity contribution in [2.75, 3.05) is 26.2 Å². The number of fused-ring (bicyclic) bond motifs is 1. The molecule has 1 aromatic rings. The molecule has 2 atom stereocenters. The average Bonchev–Trinajstić information content (AvgIpc) is 2.90. The van der Waals surface area contributed by atoms with Gasteiger partial charge in [0.1, 0.15) is 5.75 Å². The van der Waals surface area contributed by atoms with Crippen molar-refractivity contribution in [3.8, 4) is 5.75 Å². The molecular formula is C15H20N2O2. The summed E-state index contributed by atoms with van der Waals surface area (Å²) < 4.78 is 5.52. The predicted molar refractivity (Wildman–Crippen MR) is 73.0 cm³/mol. The smallest absolute Gasteiger partial charge is 0.260 e. The molecule has 2 fully saturated rings. The first-order valence-electron chi connectivity index (χ1n) is 7.02. The first-order chi connectivity index (χ1) is 9.33. The molecule has 0 saturated carbocycles. The van der Waals surface area contributed by atoms with Crippen LogP contribution in [0.3, 0.4) is 0 Å². The van der Waals surface area contributed by atoms with E-state index in [0.29, 0.717) is 12.0 Å². The van der Waals surface area contributed by atoms with Crippen LogP contribution in [0, 0.1) is 5.92 Å². The minimum atomic E-state index is 0.0973. The van der Waals surface area contributed by atoms with E-state index in [1.54, 1.807) is 0 Å². The fourth-order valence-electron chi connectivity index (χ4n) is 3.00. The molecule has 1 N–H and O–H groups in total. The highest BCUT2D eigenvalue weighted by Crippen LogP contribution is 2.24. The molecule has 2 unspecified atom stereocenters. The lowest BCUT2D eigenvalue weighted by Crippen LogP contribution is -2.41. The van der Waals surface area contributed by atoms with E-state index in [-0.39, 0.29) is 12.5 Å². The van der Waals surface area contributed by atoms with Gasteiger partial charge in [-0.15, -0.1) is 0 Å². The van der Waals surface area contributed by atoms with Crippen molar-refractivity contribution in [3.05, 3.63) is 30.3 Å². The number of benzene rings is 1. The number of rotatable bonds is 3. The number of para-hydroxylation sites is 1. The topological polar surface area (TPSA) is 41.6 Å². The van der Waals surface area contributed by atoms with Crippen molar-refractivity contribution in [1.82, 2.24) is 10.2 Å². The number of amides is 1. The number of hydrogen-bond acceptors (Lipinski definition) is 3. The van der Waals surface area contributed by atoms with E-state index in [2.05, 4.69) is 5.32 Å². The number of carbonyl (C=O) groups is 1. The SMILES string of the molecule is O=C(COc1ccccc1)N1CC2CCCNC2C1. The first-order valence-corrected chi connectivity index (χ1v) is 7.02. The number of carbonyl (C=O) groups excluding carboxylic acids is 1. The number of ether oxygens (including phenoxy) is 1. The third-order valence-corrected chi connectivity index (χ3v) is 4.06. The molecule has 4 heteroatoms. The fraction of sp³-hybridized carbons (Fsp3) is 0.533. The molecule has 0 aliphatic carbocycles. The third kappa shape index (κ3) is 2.89. The van der Waals surface area contributed by atoms with Crippen LogP contribution >= 0.6 is 0 Å². The Morgan fingerprint density at radius 2 is 2.16 bits per heavy atom. The molecule has 3 rings (SSSR count). The van der Waals surface area contributed by atoms with E-state index in [9.17, 15) is 4.79 Å². The Hall–Kier alpha value is -1.55. The molecular weight excluding hydrogens is 240 g/mol. The summed E-state index contributed by atoms with van der Waals surface area (Å²) in [5.74, 6) is 1.49. The Balaban J connectivity index is 1.51. The summed E-state index contributed by atoms with van der Waals surface area (Å²) in [5.41, 5.74) is 0. The van der Waals surface area contributed by atoms with Gasteiger partial charge >= 0.3 is 0 Å². The van der Waals surface area contributed by atoms with Gasteiger partial charge in [0.2, 0.25) is 0 Å². The van der Waals surface area contributed by atoms with Gasteiger partial charge in [-0.1, -0.05) is 18.2 Å². The Morgan fingerprint density at radius 3 is 2.95 bits per heavy atom. The largest absolute Gasteiger partial charge is 0.484 e. The highest BCUT2D eigenvalue weighted by molar-refractivity contribution is 5.78. The standard InChI is InChI=1S/C15H20N2O2/c18-15(11-19-13-6-2-1-3-7-13)17-9-12-5-4-8-16-14(12)10-17/h1-3,6-7,12,14,16H,4-5,8-11H2. The summed E-state index contributed by atoms with van der Waals surface area (Å²) >= 11 is 0. The van der Waals surface area contributed by atoms with Crippen molar-refractivity contribution in [2.24, 2.45) is 5.92 Å². The zero-order chi connectivity index (χ0) is 13.1. The van der Waals surface area contributed by atoms with Crippen molar-refractivity contribution in [2.45, 2.75) is 18.9 Å². The average molecular weight is 260 g/mol. The molecule has 0 aromatic heterocycles. The van der Waals surface area contributed by atoms with Crippen molar-refractivity contribution < 1.29 is 9.53 Å². The molecule has 2 saturated heterocycles. The number of hydrogen-bond donors (Lipinski definition) is 1. The van der Waals surface area contributed by atoms with Crippen LogP contribution in [0.1, 0.15) is 12.8 Å². The van der Waals surface area contributed by atoms with E-state index >= 15 is 0 Å². The monoisotopic (exact) mass is 260 g/mol. The lowest BCUT2D eigenvalue weighted by molar-refractivity contribution is -0.132. The third-order valence-electron chi connectivity index (χ3n) is 4.06. The van der Waals surface area contributed by atoms with Crippen LogP contribution in [-0.2, 0) is 4.79 Å². The molecule has 4 nitrogen and oxygen atoms in total. The van der Waals surface area contributed by atoms with Crippen molar-refractivity contribution in [3.63, 3.8) is 0 Å². The minimum absolute atomic E-state index is 0.0973. The lowest BCUT2D eigenvalue weighted by atomic mass is 9.94. The molecule has 1 aromatic carbocycles. The fourth-order valence-corrected chi connectivity index (χ4v) is 3.00. The maximum atomic E-state index is 12.1. The van der Waals surface area contributed by atoms with Gasteiger partial charge in [0.25, 0.3) is 5.91 Å². The van der Waals surface area contributed by atoms with Crippen LogP contribution in [0.15, 0.2) is 30.3 Å². The molecule has 2 aliphatic heterocycles. The number of nitrogens with zero attached hydrogens (tertiary/aromatic N) is 1. The normalized spacial score (nSPS) is 26.0. The summed E-state index contributed by atoms with van der Waals surface area (Å²) in [6.45, 7) is 2.95. The van der Waals surface area contributed by atoms with Crippen molar-refractivity contribution >= 4 is 5.91 Å². The van der Waals surface area contributed by atoms with Gasteiger partial charge in [-0.25, -0.2) is 0 Å². The molecule has 0 bridgehead atoms. The van der Waals surface area contributed by atoms with E-state index < -0.39 is 0 Å². The summed E-state index contributed by atoms with van der Waals surface area (Å²) in [6, 6.07) is 10.00. The second-order valence-electron chi connectivity index (χ2n) is 5.36. The Bertz CT molecular complexity index is 421. The number of likely N-dealkylation sites (tertiary alicyclic amines) is 1. The van der Waals surface area contributed by atoms with Gasteiger partial charge in [-0.05, 0) is 37.4 Å². The highest BCUT2D eigenvalue weighted by atomic mass is 16.5. The van der Waals surface area contributed by atoms with E-state index in [4.69, 9.17) is 4.74 Å². The van der Waals surface area contributed by atoms with Crippen LogP contribution in [0.5, 0.6) is 5.75 Å². The molecule has 1 amide bonds. The summed E-state index contributed by atoms with van der Waals surface area (Å²) in [4.78, 5) is 14.1. The van der Waals surface area contributed by atoms with Crippen LogP contribution in [-0.4, -0.2) is 43.1 Å². The zero-order valence-electron chi connectivity index (χ0n) is 11.0. The van der Waals surface area contributed by atoms with Crippen molar-refractivity contribution in [1.29, 1.82) is 0 Å². The Labute approximate surface area is 113 Å². The quantitative estimate of drug-likeness (QED) is 0.890. The lowest BCUT2D eigenvalue weighted by Gasteiger charge is -2.24. The van der Waals surface area contributed by atoms with Gasteiger partial charge in [0.05, 0.1) is 0 Å². The number of piperidine rings is 1. The van der Waals surface area contributed by atoms with Crippen LogP contribution in [0.2, 0.25) is 0 Å². The van der Waals surface area contributed by atoms with E-state index in [1.165, 1.54) is 12.8 Å². The van der Waals surface area contributed by atoms with Gasteiger partial charge in [-0.2, -0.15) is 0 Å². The van der Waals surface area contributed by atoms with Gasteiger partial charge in [0.15, 0.2) is 6.61 Å². The first kappa shape index (κ1) is 12.5. The Morgan fingerprint density at radius 1 is 1.32 bits per heavy atom. The van der Waals surface area contributed by atoms with E-state index in [1.807, 2.05) is 35.2 Å². The van der Waals surface area contributed by atoms with Crippen LogP contribution in [0.25, 0.3) is 0 Å². The highest BCUT2D eigenvalue weighted by Gasteiger charge is 2.36. The summed E-state index contributed by atoms with van der Waals surface area (Å²) in [6.07, 6.45) is 2.46. The molecule has 19 heavy (non-hydrogen) atoms.